The molecule has 14 heavy (non-hydrogen) atoms. The number of hydrogen-bond acceptors (Lipinski definition) is 6. The summed E-state index contributed by atoms with van der Waals surface area (Å²) in [5.41, 5.74) is 10.9. The van der Waals surface area contributed by atoms with Crippen molar-refractivity contribution in [1.82, 2.24) is 4.98 Å². The molecule has 1 rings (SSSR count). The fourth-order valence-corrected chi connectivity index (χ4v) is 1.06. The number of aromatic nitrogens is 1. The van der Waals surface area contributed by atoms with Gasteiger partial charge in [-0.1, -0.05) is 0 Å². The lowest BCUT2D eigenvalue weighted by atomic mass is 10.3. The van der Waals surface area contributed by atoms with Crippen LogP contribution < -0.4 is 11.5 Å². The fraction of sp³-hybridized carbons (Fsp3) is 0.286. The molecule has 0 unspecified atom stereocenters. The molecular formula is C7H10N4O3. The maximum Gasteiger partial charge on any atom is 0.333 e. The van der Waals surface area contributed by atoms with E-state index in [1.54, 1.807) is 0 Å². The summed E-state index contributed by atoms with van der Waals surface area (Å²) in [5.74, 6) is -0.193. The number of nitrogens with zero attached hydrogens (tertiary/aromatic N) is 2. The summed E-state index contributed by atoms with van der Waals surface area (Å²) in [4.78, 5) is 13.6. The molecule has 0 radical (unpaired) electrons. The van der Waals surface area contributed by atoms with E-state index in [-0.39, 0.29) is 23.8 Å². The third kappa shape index (κ3) is 1.88. The van der Waals surface area contributed by atoms with Gasteiger partial charge < -0.3 is 16.2 Å². The summed E-state index contributed by atoms with van der Waals surface area (Å²) in [7, 11) is 1.48. The second-order valence-electron chi connectivity index (χ2n) is 2.63. The van der Waals surface area contributed by atoms with Crippen LogP contribution in [0, 0.1) is 10.1 Å². The molecule has 1 heterocycles. The van der Waals surface area contributed by atoms with Crippen LogP contribution in [-0.4, -0.2) is 17.0 Å². The normalized spacial score (nSPS) is 10.1. The van der Waals surface area contributed by atoms with Gasteiger partial charge in [0.25, 0.3) is 0 Å². The zero-order valence-corrected chi connectivity index (χ0v) is 7.56. The minimum atomic E-state index is -0.658. The number of pyridine rings is 1. The summed E-state index contributed by atoms with van der Waals surface area (Å²) in [6.07, 6.45) is 0. The SMILES string of the molecule is COCc1cc(N)c([N+](=O)[O-])c(N)n1. The van der Waals surface area contributed by atoms with E-state index in [9.17, 15) is 10.1 Å². The first-order valence-corrected chi connectivity index (χ1v) is 3.74. The van der Waals surface area contributed by atoms with Crippen LogP contribution >= 0.6 is 0 Å². The number of methoxy groups -OCH3 is 1. The number of rotatable bonds is 3. The van der Waals surface area contributed by atoms with Crippen LogP contribution in [-0.2, 0) is 11.3 Å². The molecule has 0 atom stereocenters. The Morgan fingerprint density at radius 1 is 1.64 bits per heavy atom. The third-order valence-corrected chi connectivity index (χ3v) is 1.58. The van der Waals surface area contributed by atoms with E-state index in [0.717, 1.165) is 0 Å². The number of nitrogen functional groups attached to an aromatic ring is 2. The quantitative estimate of drug-likeness (QED) is 0.532. The largest absolute Gasteiger partial charge is 0.393 e. The van der Waals surface area contributed by atoms with Crippen LogP contribution in [0.15, 0.2) is 6.07 Å². The molecule has 7 nitrogen and oxygen atoms in total. The molecule has 0 bridgehead atoms. The Kier molecular flexibility index (Phi) is 2.82. The molecule has 0 fully saturated rings. The van der Waals surface area contributed by atoms with Gasteiger partial charge in [-0.25, -0.2) is 4.98 Å². The number of nitrogens with two attached hydrogens (primary N) is 2. The van der Waals surface area contributed by atoms with Gasteiger partial charge in [-0.15, -0.1) is 0 Å². The molecule has 4 N–H and O–H groups in total. The first kappa shape index (κ1) is 10.2. The Bertz CT molecular complexity index is 343. The minimum Gasteiger partial charge on any atom is -0.393 e. The second kappa shape index (κ2) is 3.88. The average Bonchev–Trinajstić information content (AvgIpc) is 2.01. The molecule has 0 aliphatic heterocycles. The van der Waals surface area contributed by atoms with E-state index in [4.69, 9.17) is 16.2 Å². The zero-order chi connectivity index (χ0) is 10.7. The molecule has 0 saturated heterocycles. The summed E-state index contributed by atoms with van der Waals surface area (Å²) >= 11 is 0. The highest BCUT2D eigenvalue weighted by Gasteiger charge is 2.18. The Balaban J connectivity index is 3.18. The van der Waals surface area contributed by atoms with Gasteiger partial charge in [0, 0.05) is 7.11 Å². The monoisotopic (exact) mass is 198 g/mol. The van der Waals surface area contributed by atoms with Crippen molar-refractivity contribution in [3.8, 4) is 0 Å². The third-order valence-electron chi connectivity index (χ3n) is 1.58. The van der Waals surface area contributed by atoms with E-state index < -0.39 is 4.92 Å². The van der Waals surface area contributed by atoms with Crippen LogP contribution in [0.1, 0.15) is 5.69 Å². The maximum atomic E-state index is 10.5. The molecular weight excluding hydrogens is 188 g/mol. The van der Waals surface area contributed by atoms with Crippen LogP contribution in [0.3, 0.4) is 0 Å². The summed E-state index contributed by atoms with van der Waals surface area (Å²) < 4.78 is 4.79. The fourth-order valence-electron chi connectivity index (χ4n) is 1.06. The minimum absolute atomic E-state index is 0.00505. The van der Waals surface area contributed by atoms with E-state index in [1.165, 1.54) is 13.2 Å². The molecule has 0 amide bonds. The van der Waals surface area contributed by atoms with Gasteiger partial charge in [0.15, 0.2) is 0 Å². The van der Waals surface area contributed by atoms with Gasteiger partial charge in [0.2, 0.25) is 5.82 Å². The molecule has 0 spiro atoms. The lowest BCUT2D eigenvalue weighted by molar-refractivity contribution is -0.383. The number of hydrogen-bond donors (Lipinski definition) is 2. The van der Waals surface area contributed by atoms with Crippen molar-refractivity contribution in [3.05, 3.63) is 21.9 Å². The zero-order valence-electron chi connectivity index (χ0n) is 7.56. The highest BCUT2D eigenvalue weighted by atomic mass is 16.6. The van der Waals surface area contributed by atoms with E-state index in [1.807, 2.05) is 0 Å². The summed E-state index contributed by atoms with van der Waals surface area (Å²) in [6.45, 7) is 0.215. The van der Waals surface area contributed by atoms with Gasteiger partial charge in [-0.05, 0) is 6.07 Å². The summed E-state index contributed by atoms with van der Waals surface area (Å²) in [5, 5.41) is 10.5. The maximum absolute atomic E-state index is 10.5. The Morgan fingerprint density at radius 3 is 2.71 bits per heavy atom. The molecule has 76 valence electrons. The van der Waals surface area contributed by atoms with Crippen LogP contribution in [0.5, 0.6) is 0 Å². The van der Waals surface area contributed by atoms with Gasteiger partial charge in [0.1, 0.15) is 5.69 Å². The lowest BCUT2D eigenvalue weighted by Gasteiger charge is -2.03. The van der Waals surface area contributed by atoms with Crippen LogP contribution in [0.25, 0.3) is 0 Å². The first-order valence-electron chi connectivity index (χ1n) is 3.74. The Hall–Kier alpha value is -1.89. The van der Waals surface area contributed by atoms with Crippen molar-refractivity contribution in [2.24, 2.45) is 0 Å². The van der Waals surface area contributed by atoms with E-state index in [0.29, 0.717) is 5.69 Å². The highest BCUT2D eigenvalue weighted by Crippen LogP contribution is 2.27. The van der Waals surface area contributed by atoms with Gasteiger partial charge in [-0.2, -0.15) is 0 Å². The Morgan fingerprint density at radius 2 is 2.29 bits per heavy atom. The van der Waals surface area contributed by atoms with Crippen LogP contribution in [0.2, 0.25) is 0 Å². The summed E-state index contributed by atoms with van der Waals surface area (Å²) in [6, 6.07) is 1.37. The van der Waals surface area contributed by atoms with Gasteiger partial charge in [-0.3, -0.25) is 10.1 Å². The Labute approximate surface area is 79.8 Å². The average molecular weight is 198 g/mol. The first-order chi connectivity index (χ1) is 6.56. The van der Waals surface area contributed by atoms with Crippen molar-refractivity contribution in [2.45, 2.75) is 6.61 Å². The van der Waals surface area contributed by atoms with Crippen molar-refractivity contribution < 1.29 is 9.66 Å². The number of anilines is 2. The number of nitro groups is 1. The van der Waals surface area contributed by atoms with Crippen molar-refractivity contribution in [1.29, 1.82) is 0 Å². The van der Waals surface area contributed by atoms with E-state index in [2.05, 4.69) is 4.98 Å². The second-order valence-corrected chi connectivity index (χ2v) is 2.63. The lowest BCUT2D eigenvalue weighted by Crippen LogP contribution is -2.05. The molecule has 1 aromatic heterocycles. The van der Waals surface area contributed by atoms with E-state index >= 15 is 0 Å². The molecule has 0 aliphatic rings. The van der Waals surface area contributed by atoms with Crippen molar-refractivity contribution in [2.75, 3.05) is 18.6 Å². The molecule has 1 aromatic rings. The topological polar surface area (TPSA) is 117 Å². The molecule has 7 heteroatoms. The predicted octanol–water partition coefficient (Wildman–Crippen LogP) is 0.301. The smallest absolute Gasteiger partial charge is 0.333 e. The van der Waals surface area contributed by atoms with Crippen LogP contribution in [0.4, 0.5) is 17.2 Å². The number of ether oxygens (including phenoxy) is 1. The van der Waals surface area contributed by atoms with Gasteiger partial charge in [0.05, 0.1) is 17.2 Å². The standard InChI is InChI=1S/C7H10N4O3/c1-14-3-4-2-5(8)6(11(12)13)7(9)10-4/h2H,3H2,1H3,(H4,8,9,10). The molecule has 0 aliphatic carbocycles. The highest BCUT2D eigenvalue weighted by molar-refractivity contribution is 5.69. The van der Waals surface area contributed by atoms with Gasteiger partial charge >= 0.3 is 5.69 Å². The van der Waals surface area contributed by atoms with Crippen molar-refractivity contribution in [3.63, 3.8) is 0 Å². The molecule has 0 saturated carbocycles. The molecule has 0 aromatic carbocycles. The predicted molar refractivity (Wildman–Crippen MR) is 50.4 cm³/mol. The van der Waals surface area contributed by atoms with Crippen molar-refractivity contribution >= 4 is 17.2 Å².